The van der Waals surface area contributed by atoms with Crippen molar-refractivity contribution in [3.8, 4) is 17.2 Å². The number of methoxy groups -OCH3 is 3. The summed E-state index contributed by atoms with van der Waals surface area (Å²) < 4.78 is 15.9. The zero-order valence-electron chi connectivity index (χ0n) is 12.9. The van der Waals surface area contributed by atoms with Crippen LogP contribution in [0.3, 0.4) is 0 Å². The second-order valence-electron chi connectivity index (χ2n) is 4.30. The maximum atomic E-state index is 5.38. The fourth-order valence-electron chi connectivity index (χ4n) is 2.00. The number of nitrogens with zero attached hydrogens (tertiary/aromatic N) is 2. The lowest BCUT2D eigenvalue weighted by Gasteiger charge is -2.14. The molecule has 1 aliphatic rings. The van der Waals surface area contributed by atoms with Crippen LogP contribution < -0.4 is 25.0 Å². The smallest absolute Gasteiger partial charge is 0.212 e. The van der Waals surface area contributed by atoms with Crippen molar-refractivity contribution in [1.82, 2.24) is 10.7 Å². The molecule has 122 valence electrons. The van der Waals surface area contributed by atoms with Gasteiger partial charge in [0, 0.05) is 18.7 Å². The van der Waals surface area contributed by atoms with E-state index in [4.69, 9.17) is 14.2 Å². The number of hydrogen-bond acceptors (Lipinski definition) is 7. The molecule has 2 N–H and O–H groups in total. The Morgan fingerprint density at radius 3 is 2.55 bits per heavy atom. The average Bonchev–Trinajstić information content (AvgIpc) is 2.55. The Labute approximate surface area is 136 Å². The topological polar surface area (TPSA) is 76.5 Å². The van der Waals surface area contributed by atoms with Gasteiger partial charge in [-0.3, -0.25) is 4.99 Å². The summed E-state index contributed by atoms with van der Waals surface area (Å²) >= 11 is 0. The minimum absolute atomic E-state index is 0. The Morgan fingerprint density at radius 1 is 1.18 bits per heavy atom. The van der Waals surface area contributed by atoms with Crippen LogP contribution in [0.4, 0.5) is 0 Å². The lowest BCUT2D eigenvalue weighted by molar-refractivity contribution is 0.324. The van der Waals surface area contributed by atoms with Gasteiger partial charge in [-0.05, 0) is 18.6 Å². The molecule has 0 saturated heterocycles. The maximum Gasteiger partial charge on any atom is 0.212 e. The lowest BCUT2D eigenvalue weighted by Crippen LogP contribution is -2.38. The third kappa shape index (κ3) is 4.17. The van der Waals surface area contributed by atoms with Crippen LogP contribution in [0.15, 0.2) is 22.2 Å². The third-order valence-corrected chi connectivity index (χ3v) is 3.01. The zero-order chi connectivity index (χ0) is 15.1. The van der Waals surface area contributed by atoms with E-state index in [1.165, 1.54) is 0 Å². The van der Waals surface area contributed by atoms with Gasteiger partial charge >= 0.3 is 0 Å². The SMILES string of the molecule is COc1ccc(/C=N/NC2=NCCCN2)c(OC)c1OC.Cl. The van der Waals surface area contributed by atoms with Gasteiger partial charge in [-0.25, -0.2) is 5.43 Å². The minimum Gasteiger partial charge on any atom is -0.493 e. The summed E-state index contributed by atoms with van der Waals surface area (Å²) in [5, 5.41) is 7.28. The van der Waals surface area contributed by atoms with Crippen molar-refractivity contribution >= 4 is 24.6 Å². The molecule has 8 heteroatoms. The standard InChI is InChI=1S/C14H20N4O3.ClH/c1-19-11-6-5-10(12(20-2)13(11)21-3)9-17-18-14-15-7-4-8-16-14;/h5-6,9H,4,7-8H2,1-3H3,(H2,15,16,18);1H/b17-9+;. The molecule has 1 aromatic rings. The molecule has 22 heavy (non-hydrogen) atoms. The van der Waals surface area contributed by atoms with Crippen molar-refractivity contribution in [2.24, 2.45) is 10.1 Å². The Morgan fingerprint density at radius 2 is 1.95 bits per heavy atom. The highest BCUT2D eigenvalue weighted by atomic mass is 35.5. The first-order chi connectivity index (χ1) is 10.3. The fraction of sp³-hybridized carbons (Fsp3) is 0.429. The van der Waals surface area contributed by atoms with Gasteiger partial charge in [0.25, 0.3) is 0 Å². The van der Waals surface area contributed by atoms with Crippen molar-refractivity contribution < 1.29 is 14.2 Å². The highest BCUT2D eigenvalue weighted by Crippen LogP contribution is 2.38. The van der Waals surface area contributed by atoms with Crippen LogP contribution >= 0.6 is 12.4 Å². The molecule has 1 heterocycles. The highest BCUT2D eigenvalue weighted by molar-refractivity contribution is 5.88. The molecular weight excluding hydrogens is 308 g/mol. The molecule has 0 amide bonds. The van der Waals surface area contributed by atoms with Gasteiger partial charge in [0.05, 0.1) is 27.5 Å². The Balaban J connectivity index is 0.00000242. The second-order valence-corrected chi connectivity index (χ2v) is 4.30. The van der Waals surface area contributed by atoms with Crippen molar-refractivity contribution in [2.45, 2.75) is 6.42 Å². The third-order valence-electron chi connectivity index (χ3n) is 3.01. The van der Waals surface area contributed by atoms with Gasteiger partial charge in [0.1, 0.15) is 0 Å². The zero-order valence-corrected chi connectivity index (χ0v) is 13.7. The van der Waals surface area contributed by atoms with Gasteiger partial charge in [-0.2, -0.15) is 5.10 Å². The number of benzene rings is 1. The highest BCUT2D eigenvalue weighted by Gasteiger charge is 2.14. The predicted molar refractivity (Wildman–Crippen MR) is 89.0 cm³/mol. The number of nitrogens with one attached hydrogen (secondary N) is 2. The predicted octanol–water partition coefficient (Wildman–Crippen LogP) is 1.41. The van der Waals surface area contributed by atoms with E-state index >= 15 is 0 Å². The molecule has 0 atom stereocenters. The largest absolute Gasteiger partial charge is 0.493 e. The van der Waals surface area contributed by atoms with Crippen LogP contribution in [0.1, 0.15) is 12.0 Å². The average molecular weight is 329 g/mol. The summed E-state index contributed by atoms with van der Waals surface area (Å²) in [6.07, 6.45) is 2.69. The number of hydrogen-bond donors (Lipinski definition) is 2. The van der Waals surface area contributed by atoms with Crippen LogP contribution in [-0.2, 0) is 0 Å². The molecule has 0 spiro atoms. The minimum atomic E-state index is 0. The first-order valence-electron chi connectivity index (χ1n) is 6.66. The molecular formula is C14H21ClN4O3. The van der Waals surface area contributed by atoms with Crippen LogP contribution in [0, 0.1) is 0 Å². The van der Waals surface area contributed by atoms with Gasteiger partial charge in [0.15, 0.2) is 11.5 Å². The van der Waals surface area contributed by atoms with Crippen LogP contribution in [-0.4, -0.2) is 46.6 Å². The second kappa shape index (κ2) is 8.99. The van der Waals surface area contributed by atoms with Crippen LogP contribution in [0.2, 0.25) is 0 Å². The normalized spacial score (nSPS) is 13.7. The molecule has 0 bridgehead atoms. The lowest BCUT2D eigenvalue weighted by atomic mass is 10.2. The molecule has 0 aliphatic carbocycles. The van der Waals surface area contributed by atoms with E-state index in [-0.39, 0.29) is 12.4 Å². The summed E-state index contributed by atoms with van der Waals surface area (Å²) in [7, 11) is 4.73. The Hall–Kier alpha value is -2.15. The molecule has 0 radical (unpaired) electrons. The quantitative estimate of drug-likeness (QED) is 0.631. The Bertz CT molecular complexity index is 549. The molecule has 1 aliphatic heterocycles. The summed E-state index contributed by atoms with van der Waals surface area (Å²) in [6, 6.07) is 3.65. The summed E-state index contributed by atoms with van der Waals surface area (Å²) in [4.78, 5) is 4.27. The molecule has 0 fully saturated rings. The van der Waals surface area contributed by atoms with E-state index in [1.54, 1.807) is 33.6 Å². The van der Waals surface area contributed by atoms with Crippen molar-refractivity contribution in [3.05, 3.63) is 17.7 Å². The molecule has 7 nitrogen and oxygen atoms in total. The number of rotatable bonds is 5. The molecule has 0 saturated carbocycles. The number of aliphatic imine (C=N–C) groups is 1. The molecule has 2 rings (SSSR count). The first kappa shape index (κ1) is 17.9. The van der Waals surface area contributed by atoms with E-state index in [0.717, 1.165) is 25.1 Å². The van der Waals surface area contributed by atoms with E-state index in [0.29, 0.717) is 23.2 Å². The fourth-order valence-corrected chi connectivity index (χ4v) is 2.00. The van der Waals surface area contributed by atoms with Crippen LogP contribution in [0.5, 0.6) is 17.2 Å². The number of guanidine groups is 1. The number of ether oxygens (including phenoxy) is 3. The summed E-state index contributed by atoms with van der Waals surface area (Å²) in [5.74, 6) is 2.40. The van der Waals surface area contributed by atoms with E-state index in [2.05, 4.69) is 20.8 Å². The van der Waals surface area contributed by atoms with Crippen molar-refractivity contribution in [1.29, 1.82) is 0 Å². The van der Waals surface area contributed by atoms with E-state index in [9.17, 15) is 0 Å². The molecule has 1 aromatic carbocycles. The molecule has 0 unspecified atom stereocenters. The van der Waals surface area contributed by atoms with Gasteiger partial charge in [0.2, 0.25) is 11.7 Å². The Kier molecular flexibility index (Phi) is 7.31. The van der Waals surface area contributed by atoms with Crippen molar-refractivity contribution in [2.75, 3.05) is 34.4 Å². The van der Waals surface area contributed by atoms with Gasteiger partial charge < -0.3 is 19.5 Å². The van der Waals surface area contributed by atoms with E-state index in [1.807, 2.05) is 6.07 Å². The monoisotopic (exact) mass is 328 g/mol. The maximum absolute atomic E-state index is 5.38. The first-order valence-corrected chi connectivity index (χ1v) is 6.66. The summed E-state index contributed by atoms with van der Waals surface area (Å²) in [5.41, 5.74) is 3.65. The van der Waals surface area contributed by atoms with Crippen LogP contribution in [0.25, 0.3) is 0 Å². The van der Waals surface area contributed by atoms with Gasteiger partial charge in [-0.15, -0.1) is 12.4 Å². The number of hydrazone groups is 1. The number of halogens is 1. The van der Waals surface area contributed by atoms with Crippen molar-refractivity contribution in [3.63, 3.8) is 0 Å². The summed E-state index contributed by atoms with van der Waals surface area (Å²) in [6.45, 7) is 1.71. The van der Waals surface area contributed by atoms with Gasteiger partial charge in [-0.1, -0.05) is 0 Å². The van der Waals surface area contributed by atoms with E-state index < -0.39 is 0 Å². The molecule has 0 aromatic heterocycles.